The van der Waals surface area contributed by atoms with Crippen LogP contribution in [0.3, 0.4) is 0 Å². The van der Waals surface area contributed by atoms with E-state index in [1.54, 1.807) is 19.1 Å². The fourth-order valence-electron chi connectivity index (χ4n) is 3.34. The Morgan fingerprint density at radius 2 is 1.73 bits per heavy atom. The van der Waals surface area contributed by atoms with Gasteiger partial charge in [-0.05, 0) is 69.0 Å². The quantitative estimate of drug-likeness (QED) is 0.614. The van der Waals surface area contributed by atoms with Crippen LogP contribution in [0.15, 0.2) is 36.4 Å². The molecule has 1 atom stereocenters. The molecule has 0 saturated carbocycles. The van der Waals surface area contributed by atoms with Crippen LogP contribution in [0, 0.1) is 27.7 Å². The van der Waals surface area contributed by atoms with Gasteiger partial charge in [-0.1, -0.05) is 30.7 Å². The third-order valence-corrected chi connectivity index (χ3v) is 6.24. The molecule has 1 amide bonds. The normalized spacial score (nSPS) is 12.3. The number of carbonyl (C=O) groups excluding carboxylic acids is 1. The van der Waals surface area contributed by atoms with Crippen LogP contribution in [0.2, 0.25) is 0 Å². The van der Waals surface area contributed by atoms with Gasteiger partial charge >= 0.3 is 0 Å². The predicted molar refractivity (Wildman–Crippen MR) is 122 cm³/mol. The number of amides is 1. The number of nitrogens with one attached hydrogen (secondary N) is 1. The third kappa shape index (κ3) is 5.98. The fraction of sp³-hybridized carbons (Fsp3) is 0.435. The molecule has 0 aromatic heterocycles. The second kappa shape index (κ2) is 9.98. The lowest BCUT2D eigenvalue weighted by molar-refractivity contribution is -0.122. The molecule has 0 aliphatic heterocycles. The van der Waals surface area contributed by atoms with E-state index in [9.17, 15) is 13.2 Å². The molecular formula is C23H32N2O4S. The van der Waals surface area contributed by atoms with Crippen molar-refractivity contribution in [2.75, 3.05) is 23.7 Å². The molecule has 6 nitrogen and oxygen atoms in total. The maximum atomic E-state index is 12.8. The van der Waals surface area contributed by atoms with Gasteiger partial charge in [0.25, 0.3) is 0 Å². The molecule has 0 spiro atoms. The number of rotatable bonds is 9. The Labute approximate surface area is 180 Å². The van der Waals surface area contributed by atoms with Gasteiger partial charge < -0.3 is 10.1 Å². The topological polar surface area (TPSA) is 75.7 Å². The van der Waals surface area contributed by atoms with E-state index in [0.29, 0.717) is 18.7 Å². The highest BCUT2D eigenvalue weighted by Crippen LogP contribution is 2.25. The number of aryl methyl sites for hydroxylation is 4. The van der Waals surface area contributed by atoms with Gasteiger partial charge in [-0.3, -0.25) is 9.10 Å². The molecular weight excluding hydrogens is 400 g/mol. The molecule has 1 N–H and O–H groups in total. The SMILES string of the molecule is CC[C@H](C(=O)NCCOc1ccc(C)cc1C)N(c1ccc(C)c(C)c1)S(C)(=O)=O. The molecule has 0 heterocycles. The molecule has 30 heavy (non-hydrogen) atoms. The van der Waals surface area contributed by atoms with Gasteiger partial charge in [0.2, 0.25) is 15.9 Å². The minimum absolute atomic E-state index is 0.285. The second-order valence-electron chi connectivity index (χ2n) is 7.66. The minimum atomic E-state index is -3.65. The second-order valence-corrected chi connectivity index (χ2v) is 9.52. The Morgan fingerprint density at radius 1 is 1.03 bits per heavy atom. The van der Waals surface area contributed by atoms with Crippen molar-refractivity contribution in [2.45, 2.75) is 47.1 Å². The third-order valence-electron chi connectivity index (χ3n) is 5.06. The lowest BCUT2D eigenvalue weighted by Crippen LogP contribution is -2.50. The number of ether oxygens (including phenoxy) is 1. The van der Waals surface area contributed by atoms with E-state index in [1.807, 2.05) is 52.0 Å². The van der Waals surface area contributed by atoms with Crippen LogP contribution in [0.4, 0.5) is 5.69 Å². The first-order chi connectivity index (χ1) is 14.0. The van der Waals surface area contributed by atoms with Crippen molar-refractivity contribution >= 4 is 21.6 Å². The number of hydrogen-bond donors (Lipinski definition) is 1. The smallest absolute Gasteiger partial charge is 0.244 e. The van der Waals surface area contributed by atoms with Gasteiger partial charge in [0.1, 0.15) is 18.4 Å². The van der Waals surface area contributed by atoms with Gasteiger partial charge in [0, 0.05) is 0 Å². The van der Waals surface area contributed by atoms with Crippen LogP contribution in [0.25, 0.3) is 0 Å². The number of benzene rings is 2. The van der Waals surface area contributed by atoms with E-state index in [2.05, 4.69) is 5.32 Å². The van der Waals surface area contributed by atoms with Crippen LogP contribution in [-0.4, -0.2) is 39.8 Å². The zero-order chi connectivity index (χ0) is 22.5. The number of sulfonamides is 1. The first kappa shape index (κ1) is 23.7. The molecule has 0 unspecified atom stereocenters. The zero-order valence-electron chi connectivity index (χ0n) is 18.7. The van der Waals surface area contributed by atoms with E-state index in [1.165, 1.54) is 4.31 Å². The van der Waals surface area contributed by atoms with E-state index in [-0.39, 0.29) is 12.5 Å². The summed E-state index contributed by atoms with van der Waals surface area (Å²) >= 11 is 0. The lowest BCUT2D eigenvalue weighted by Gasteiger charge is -2.30. The summed E-state index contributed by atoms with van der Waals surface area (Å²) < 4.78 is 32.0. The minimum Gasteiger partial charge on any atom is -0.491 e. The summed E-state index contributed by atoms with van der Waals surface area (Å²) in [6.45, 7) is 10.3. The highest BCUT2D eigenvalue weighted by Gasteiger charge is 2.31. The summed E-state index contributed by atoms with van der Waals surface area (Å²) in [5, 5.41) is 2.81. The van der Waals surface area contributed by atoms with Crippen molar-refractivity contribution < 1.29 is 17.9 Å². The number of carbonyl (C=O) groups is 1. The van der Waals surface area contributed by atoms with Crippen LogP contribution < -0.4 is 14.4 Å². The highest BCUT2D eigenvalue weighted by atomic mass is 32.2. The monoisotopic (exact) mass is 432 g/mol. The highest BCUT2D eigenvalue weighted by molar-refractivity contribution is 7.92. The maximum Gasteiger partial charge on any atom is 0.244 e. The van der Waals surface area contributed by atoms with Gasteiger partial charge in [0.15, 0.2) is 0 Å². The van der Waals surface area contributed by atoms with Crippen LogP contribution in [-0.2, 0) is 14.8 Å². The standard InChI is InChI=1S/C23H32N2O4S/c1-7-21(25(30(6,27)28)20-10-9-17(3)18(4)15-20)23(26)24-12-13-29-22-11-8-16(2)14-19(22)5/h8-11,14-15,21H,7,12-13H2,1-6H3,(H,24,26)/t21-/m1/s1. The molecule has 0 fully saturated rings. The molecule has 2 rings (SSSR count). The Morgan fingerprint density at radius 3 is 2.30 bits per heavy atom. The summed E-state index contributed by atoms with van der Waals surface area (Å²) in [6.07, 6.45) is 1.48. The summed E-state index contributed by atoms with van der Waals surface area (Å²) in [7, 11) is -3.65. The Balaban J connectivity index is 2.09. The van der Waals surface area contributed by atoms with Crippen LogP contribution in [0.1, 0.15) is 35.6 Å². The average molecular weight is 433 g/mol. The van der Waals surface area contributed by atoms with Crippen LogP contribution >= 0.6 is 0 Å². The molecule has 0 radical (unpaired) electrons. The van der Waals surface area contributed by atoms with E-state index < -0.39 is 16.1 Å². The van der Waals surface area contributed by atoms with Gasteiger partial charge in [-0.15, -0.1) is 0 Å². The molecule has 2 aromatic rings. The van der Waals surface area contributed by atoms with Crippen molar-refractivity contribution in [3.05, 3.63) is 58.7 Å². The maximum absolute atomic E-state index is 12.8. The zero-order valence-corrected chi connectivity index (χ0v) is 19.5. The lowest BCUT2D eigenvalue weighted by atomic mass is 10.1. The molecule has 0 bridgehead atoms. The van der Waals surface area contributed by atoms with Crippen molar-refractivity contribution in [2.24, 2.45) is 0 Å². The molecule has 0 aliphatic carbocycles. The Bertz CT molecular complexity index is 1000. The predicted octanol–water partition coefficient (Wildman–Crippen LogP) is 3.66. The number of anilines is 1. The van der Waals surface area contributed by atoms with Crippen molar-refractivity contribution in [3.8, 4) is 5.75 Å². The largest absolute Gasteiger partial charge is 0.491 e. The number of nitrogens with zero attached hydrogens (tertiary/aromatic N) is 1. The molecule has 7 heteroatoms. The molecule has 2 aromatic carbocycles. The average Bonchev–Trinajstić information content (AvgIpc) is 2.65. The van der Waals surface area contributed by atoms with Crippen LogP contribution in [0.5, 0.6) is 5.75 Å². The first-order valence-electron chi connectivity index (χ1n) is 10.1. The first-order valence-corrected chi connectivity index (χ1v) is 11.9. The van der Waals surface area contributed by atoms with E-state index in [4.69, 9.17) is 4.74 Å². The fourth-order valence-corrected chi connectivity index (χ4v) is 4.54. The van der Waals surface area contributed by atoms with Crippen molar-refractivity contribution in [1.29, 1.82) is 0 Å². The Hall–Kier alpha value is -2.54. The molecule has 0 saturated heterocycles. The summed E-state index contributed by atoms with van der Waals surface area (Å²) in [6, 6.07) is 10.5. The summed E-state index contributed by atoms with van der Waals surface area (Å²) in [5.74, 6) is 0.431. The van der Waals surface area contributed by atoms with E-state index >= 15 is 0 Å². The molecule has 0 aliphatic rings. The van der Waals surface area contributed by atoms with Crippen molar-refractivity contribution in [3.63, 3.8) is 0 Å². The van der Waals surface area contributed by atoms with Gasteiger partial charge in [-0.25, -0.2) is 8.42 Å². The van der Waals surface area contributed by atoms with Gasteiger partial charge in [-0.2, -0.15) is 0 Å². The summed E-state index contributed by atoms with van der Waals surface area (Å²) in [4.78, 5) is 12.8. The summed E-state index contributed by atoms with van der Waals surface area (Å²) in [5.41, 5.74) is 4.72. The Kier molecular flexibility index (Phi) is 7.89. The van der Waals surface area contributed by atoms with Crippen molar-refractivity contribution in [1.82, 2.24) is 5.32 Å². The van der Waals surface area contributed by atoms with E-state index in [0.717, 1.165) is 34.3 Å². The molecule has 164 valence electrons. The number of hydrogen-bond acceptors (Lipinski definition) is 4. The van der Waals surface area contributed by atoms with Gasteiger partial charge in [0.05, 0.1) is 18.5 Å².